The number of fused-ring (bicyclic) bond motifs is 1. The Labute approximate surface area is 209 Å². The largest absolute Gasteiger partial charge is 0.415 e. The van der Waals surface area contributed by atoms with Crippen LogP contribution >= 0.6 is 0 Å². The van der Waals surface area contributed by atoms with Gasteiger partial charge < -0.3 is 19.5 Å². The summed E-state index contributed by atoms with van der Waals surface area (Å²) in [6, 6.07) is 12.4. The van der Waals surface area contributed by atoms with E-state index in [1.165, 1.54) is 18.0 Å². The van der Waals surface area contributed by atoms with E-state index in [1.807, 2.05) is 12.1 Å². The number of nitrogens with zero attached hydrogens (tertiary/aromatic N) is 6. The Bertz CT molecular complexity index is 1500. The highest BCUT2D eigenvalue weighted by atomic mass is 19.3. The fourth-order valence-corrected chi connectivity index (χ4v) is 4.22. The molecule has 4 heterocycles. The quantitative estimate of drug-likeness (QED) is 0.328. The van der Waals surface area contributed by atoms with Crippen LogP contribution in [0.2, 0.25) is 0 Å². The summed E-state index contributed by atoms with van der Waals surface area (Å²) < 4.78 is 35.8. The molecule has 188 valence electrons. The van der Waals surface area contributed by atoms with Crippen molar-refractivity contribution < 1.29 is 17.9 Å². The molecular weight excluding hydrogens is 482 g/mol. The van der Waals surface area contributed by atoms with Gasteiger partial charge in [-0.05, 0) is 23.3 Å². The van der Waals surface area contributed by atoms with E-state index in [-0.39, 0.29) is 5.89 Å². The van der Waals surface area contributed by atoms with Crippen LogP contribution in [0.25, 0.3) is 33.6 Å². The van der Waals surface area contributed by atoms with Crippen LogP contribution in [0.5, 0.6) is 0 Å². The Morgan fingerprint density at radius 2 is 1.76 bits per heavy atom. The Morgan fingerprint density at radius 3 is 2.49 bits per heavy atom. The van der Waals surface area contributed by atoms with Gasteiger partial charge in [0.15, 0.2) is 0 Å². The number of halogens is 2. The summed E-state index contributed by atoms with van der Waals surface area (Å²) in [4.78, 5) is 18.6. The van der Waals surface area contributed by atoms with Crippen molar-refractivity contribution in [3.05, 3.63) is 66.6 Å². The molecule has 0 saturated carbocycles. The Kier molecular flexibility index (Phi) is 6.25. The molecule has 1 aliphatic rings. The Morgan fingerprint density at radius 1 is 0.973 bits per heavy atom. The zero-order chi connectivity index (χ0) is 25.2. The maximum Gasteiger partial charge on any atom is 0.314 e. The summed E-state index contributed by atoms with van der Waals surface area (Å²) in [6.45, 7) is 4.33. The van der Waals surface area contributed by atoms with Crippen molar-refractivity contribution in [3.63, 3.8) is 0 Å². The predicted octanol–water partition coefficient (Wildman–Crippen LogP) is 4.58. The van der Waals surface area contributed by atoms with Crippen LogP contribution in [-0.4, -0.2) is 61.3 Å². The number of anilines is 2. The van der Waals surface area contributed by atoms with Crippen molar-refractivity contribution in [2.75, 3.05) is 31.6 Å². The fourth-order valence-electron chi connectivity index (χ4n) is 4.22. The van der Waals surface area contributed by atoms with Crippen molar-refractivity contribution in [3.8, 4) is 22.6 Å². The number of hydrogen-bond acceptors (Lipinski definition) is 9. The van der Waals surface area contributed by atoms with E-state index < -0.39 is 12.3 Å². The lowest BCUT2D eigenvalue weighted by molar-refractivity contribution is 0.0342. The predicted molar refractivity (Wildman–Crippen MR) is 131 cm³/mol. The van der Waals surface area contributed by atoms with Crippen LogP contribution in [0.15, 0.2) is 59.5 Å². The highest BCUT2D eigenvalue weighted by molar-refractivity contribution is 5.95. The van der Waals surface area contributed by atoms with Crippen molar-refractivity contribution in [1.82, 2.24) is 35.0 Å². The molecule has 0 aliphatic carbocycles. The third kappa shape index (κ3) is 5.01. The zero-order valence-corrected chi connectivity index (χ0v) is 19.6. The fraction of sp³-hybridized carbons (Fsp3) is 0.240. The van der Waals surface area contributed by atoms with E-state index in [0.717, 1.165) is 60.7 Å². The molecule has 1 aliphatic heterocycles. The Balaban J connectivity index is 1.22. The van der Waals surface area contributed by atoms with Crippen LogP contribution in [0.1, 0.15) is 17.9 Å². The monoisotopic (exact) mass is 504 g/mol. The van der Waals surface area contributed by atoms with Crippen molar-refractivity contribution >= 4 is 22.7 Å². The highest BCUT2D eigenvalue weighted by Gasteiger charge is 2.18. The molecule has 0 unspecified atom stereocenters. The number of nitrogens with one attached hydrogen (secondary N) is 2. The second-order valence-electron chi connectivity index (χ2n) is 8.57. The molecule has 12 heteroatoms. The van der Waals surface area contributed by atoms with Gasteiger partial charge in [-0.2, -0.15) is 8.78 Å². The van der Waals surface area contributed by atoms with Crippen molar-refractivity contribution in [2.24, 2.45) is 0 Å². The molecule has 2 aromatic carbocycles. The molecule has 3 aromatic heterocycles. The van der Waals surface area contributed by atoms with Gasteiger partial charge in [-0.15, -0.1) is 10.2 Å². The average molecular weight is 505 g/mol. The summed E-state index contributed by atoms with van der Waals surface area (Å²) in [5.74, 6) is -0.491. The molecule has 0 atom stereocenters. The van der Waals surface area contributed by atoms with Gasteiger partial charge in [0.1, 0.15) is 0 Å². The standard InChI is InChI=1S/C25H22F2N8O2/c26-22(27)24-34-33-23(37-24)17-11-28-25(29-12-17)32-18-9-19(21-20(10-18)30-14-31-21)16-3-1-15(2-4-16)13-35-5-7-36-8-6-35/h1-4,9-12,14,22H,5-8,13H2,(H,30,31)(H,28,29,32). The lowest BCUT2D eigenvalue weighted by Crippen LogP contribution is -2.35. The van der Waals surface area contributed by atoms with Gasteiger partial charge in [-0.3, -0.25) is 4.90 Å². The van der Waals surface area contributed by atoms with Crippen LogP contribution in [0.3, 0.4) is 0 Å². The summed E-state index contributed by atoms with van der Waals surface area (Å²) in [7, 11) is 0. The highest BCUT2D eigenvalue weighted by Crippen LogP contribution is 2.32. The first-order chi connectivity index (χ1) is 18.1. The first-order valence-electron chi connectivity index (χ1n) is 11.7. The first-order valence-corrected chi connectivity index (χ1v) is 11.7. The molecule has 0 radical (unpaired) electrons. The number of aromatic amines is 1. The number of morpholine rings is 1. The SMILES string of the molecule is FC(F)c1nnc(-c2cnc(Nc3cc(-c4ccc(CN5CCOCC5)cc4)c4nc[nH]c4c3)nc2)o1. The van der Waals surface area contributed by atoms with E-state index in [0.29, 0.717) is 11.5 Å². The minimum absolute atomic E-state index is 0.0694. The van der Waals surface area contributed by atoms with E-state index in [4.69, 9.17) is 9.15 Å². The summed E-state index contributed by atoms with van der Waals surface area (Å²) >= 11 is 0. The number of alkyl halides is 2. The molecule has 0 amide bonds. The van der Waals surface area contributed by atoms with Crippen molar-refractivity contribution in [2.45, 2.75) is 13.0 Å². The van der Waals surface area contributed by atoms with Gasteiger partial charge >= 0.3 is 6.43 Å². The average Bonchev–Trinajstić information content (AvgIpc) is 3.60. The van der Waals surface area contributed by atoms with Crippen LogP contribution < -0.4 is 5.32 Å². The van der Waals surface area contributed by atoms with Crippen LogP contribution in [0.4, 0.5) is 20.4 Å². The van der Waals surface area contributed by atoms with Gasteiger partial charge in [0.2, 0.25) is 5.95 Å². The summed E-state index contributed by atoms with van der Waals surface area (Å²) in [6.07, 6.45) is 1.69. The van der Waals surface area contributed by atoms with E-state index in [1.54, 1.807) is 6.33 Å². The molecule has 37 heavy (non-hydrogen) atoms. The van der Waals surface area contributed by atoms with E-state index in [2.05, 4.69) is 64.6 Å². The number of benzene rings is 2. The normalized spacial score (nSPS) is 14.5. The number of rotatable bonds is 7. The smallest absolute Gasteiger partial charge is 0.314 e. The van der Waals surface area contributed by atoms with Crippen LogP contribution in [-0.2, 0) is 11.3 Å². The second kappa shape index (κ2) is 9.99. The van der Waals surface area contributed by atoms with E-state index >= 15 is 0 Å². The molecule has 1 saturated heterocycles. The zero-order valence-electron chi connectivity index (χ0n) is 19.6. The maximum atomic E-state index is 12.7. The molecular formula is C25H22F2N8O2. The molecule has 0 spiro atoms. The van der Waals surface area contributed by atoms with Gasteiger partial charge in [-0.25, -0.2) is 15.0 Å². The Hall–Kier alpha value is -4.29. The molecule has 10 nitrogen and oxygen atoms in total. The molecule has 6 rings (SSSR count). The first kappa shape index (κ1) is 23.1. The van der Waals surface area contributed by atoms with Gasteiger partial charge in [0.05, 0.1) is 36.1 Å². The van der Waals surface area contributed by atoms with Crippen LogP contribution in [0, 0.1) is 0 Å². The number of imidazole rings is 1. The summed E-state index contributed by atoms with van der Waals surface area (Å²) in [5.41, 5.74) is 6.05. The lowest BCUT2D eigenvalue weighted by atomic mass is 10.0. The molecule has 2 N–H and O–H groups in total. The third-order valence-corrected chi connectivity index (χ3v) is 6.08. The second-order valence-corrected chi connectivity index (χ2v) is 8.57. The number of aromatic nitrogens is 6. The number of ether oxygens (including phenoxy) is 1. The van der Waals surface area contributed by atoms with Gasteiger partial charge in [-0.1, -0.05) is 24.3 Å². The molecule has 1 fully saturated rings. The molecule has 5 aromatic rings. The van der Waals surface area contributed by atoms with Crippen molar-refractivity contribution in [1.29, 1.82) is 0 Å². The van der Waals surface area contributed by atoms with E-state index in [9.17, 15) is 8.78 Å². The topological polar surface area (TPSA) is 118 Å². The van der Waals surface area contributed by atoms with Gasteiger partial charge in [0.25, 0.3) is 11.8 Å². The summed E-state index contributed by atoms with van der Waals surface area (Å²) in [5, 5.41) is 10.1. The minimum Gasteiger partial charge on any atom is -0.415 e. The van der Waals surface area contributed by atoms with Gasteiger partial charge in [0, 0.05) is 43.3 Å². The number of hydrogen-bond donors (Lipinski definition) is 2. The minimum atomic E-state index is -2.84. The molecule has 0 bridgehead atoms. The lowest BCUT2D eigenvalue weighted by Gasteiger charge is -2.26. The maximum absolute atomic E-state index is 12.7. The number of H-pyrrole nitrogens is 1. The third-order valence-electron chi connectivity index (χ3n) is 6.08.